The first kappa shape index (κ1) is 32.4. The van der Waals surface area contributed by atoms with Gasteiger partial charge in [0.25, 0.3) is 0 Å². The number of unbranched alkanes of at least 4 members (excludes halogenated alkanes) is 7. The molecule has 2 rings (SSSR count). The summed E-state index contributed by atoms with van der Waals surface area (Å²) in [5.74, 6) is 0.0800. The predicted octanol–water partition coefficient (Wildman–Crippen LogP) is 7.73. The first-order valence-electron chi connectivity index (χ1n) is 15.2. The van der Waals surface area contributed by atoms with Gasteiger partial charge >= 0.3 is 18.0 Å². The van der Waals surface area contributed by atoms with Crippen LogP contribution in [0.3, 0.4) is 0 Å². The Morgan fingerprint density at radius 3 is 1.71 bits per heavy atom. The monoisotopic (exact) mass is 537 g/mol. The molecule has 0 N–H and O–H groups in total. The van der Waals surface area contributed by atoms with Crippen LogP contribution in [-0.4, -0.2) is 52.8 Å². The van der Waals surface area contributed by atoms with Crippen LogP contribution < -0.4 is 0 Å². The number of amides is 1. The molecule has 38 heavy (non-hydrogen) atoms. The van der Waals surface area contributed by atoms with Gasteiger partial charge in [0.1, 0.15) is 16.8 Å². The quantitative estimate of drug-likeness (QED) is 0.128. The van der Waals surface area contributed by atoms with Gasteiger partial charge in [-0.2, -0.15) is 0 Å². The third-order valence-corrected chi connectivity index (χ3v) is 8.04. The van der Waals surface area contributed by atoms with Gasteiger partial charge in [-0.25, -0.2) is 4.79 Å². The highest BCUT2D eigenvalue weighted by Gasteiger charge is 2.37. The first-order valence-corrected chi connectivity index (χ1v) is 15.2. The average Bonchev–Trinajstić information content (AvgIpc) is 3.24. The molecule has 0 spiro atoms. The second kappa shape index (κ2) is 15.1. The van der Waals surface area contributed by atoms with Crippen LogP contribution in [0.2, 0.25) is 0 Å². The van der Waals surface area contributed by atoms with Gasteiger partial charge in [-0.1, -0.05) is 38.5 Å². The van der Waals surface area contributed by atoms with Gasteiger partial charge in [-0.05, 0) is 92.9 Å². The molecular formula is C31H55NO6. The molecule has 1 aliphatic carbocycles. The van der Waals surface area contributed by atoms with Crippen molar-refractivity contribution in [1.82, 2.24) is 4.90 Å². The summed E-state index contributed by atoms with van der Waals surface area (Å²) in [6.07, 6.45) is 15.2. The number of ether oxygens (including phenoxy) is 3. The fourth-order valence-electron chi connectivity index (χ4n) is 5.66. The summed E-state index contributed by atoms with van der Waals surface area (Å²) >= 11 is 0. The zero-order valence-corrected chi connectivity index (χ0v) is 25.2. The van der Waals surface area contributed by atoms with E-state index in [1.807, 2.05) is 34.6 Å². The van der Waals surface area contributed by atoms with Gasteiger partial charge in [-0.3, -0.25) is 9.59 Å². The molecule has 7 nitrogen and oxygen atoms in total. The van der Waals surface area contributed by atoms with E-state index in [0.717, 1.165) is 64.2 Å². The molecule has 0 unspecified atom stereocenters. The minimum absolute atomic E-state index is 0.0317. The Kier molecular flexibility index (Phi) is 12.9. The van der Waals surface area contributed by atoms with Crippen molar-refractivity contribution < 1.29 is 28.6 Å². The standard InChI is InChI=1S/C31H55NO6/c1-29(2,3)38-28(35)32-23-19-25(20-24-32)30(4,5)36-26(33)17-13-11-9-7-8-10-12-14-18-27(34)37-31(6)21-15-16-22-31/h25H,7-24H2,1-6H3. The number of carbonyl (C=O) groups excluding carboxylic acids is 3. The topological polar surface area (TPSA) is 82.1 Å². The van der Waals surface area contributed by atoms with Crippen LogP contribution in [0, 0.1) is 5.92 Å². The maximum absolute atomic E-state index is 12.5. The molecule has 1 aliphatic heterocycles. The number of nitrogens with zero attached hydrogens (tertiary/aromatic N) is 1. The average molecular weight is 538 g/mol. The zero-order valence-electron chi connectivity index (χ0n) is 25.2. The van der Waals surface area contributed by atoms with E-state index >= 15 is 0 Å². The molecule has 2 fully saturated rings. The van der Waals surface area contributed by atoms with Crippen molar-refractivity contribution in [3.8, 4) is 0 Å². The van der Waals surface area contributed by atoms with Crippen molar-refractivity contribution in [1.29, 1.82) is 0 Å². The number of carbonyl (C=O) groups is 3. The van der Waals surface area contributed by atoms with E-state index in [1.54, 1.807) is 4.90 Å². The summed E-state index contributed by atoms with van der Waals surface area (Å²) in [5, 5.41) is 0. The Morgan fingerprint density at radius 1 is 0.737 bits per heavy atom. The lowest BCUT2D eigenvalue weighted by Gasteiger charge is -2.40. The number of likely N-dealkylation sites (tertiary alicyclic amines) is 1. The molecule has 0 aromatic heterocycles. The molecule has 1 saturated heterocycles. The van der Waals surface area contributed by atoms with Gasteiger partial charge in [0.15, 0.2) is 0 Å². The molecule has 0 atom stereocenters. The number of rotatable bonds is 14. The Bertz CT molecular complexity index is 742. The number of piperidine rings is 1. The van der Waals surface area contributed by atoms with E-state index in [2.05, 4.69) is 6.92 Å². The first-order chi connectivity index (χ1) is 17.8. The van der Waals surface area contributed by atoms with Crippen molar-refractivity contribution in [2.45, 2.75) is 161 Å². The van der Waals surface area contributed by atoms with E-state index in [1.165, 1.54) is 25.7 Å². The van der Waals surface area contributed by atoms with Gasteiger partial charge in [0.2, 0.25) is 0 Å². The van der Waals surface area contributed by atoms with Crippen LogP contribution in [0.25, 0.3) is 0 Å². The molecule has 2 aliphatic rings. The summed E-state index contributed by atoms with van der Waals surface area (Å²) in [4.78, 5) is 38.6. The van der Waals surface area contributed by atoms with Crippen LogP contribution in [0.4, 0.5) is 4.79 Å². The molecule has 0 aromatic carbocycles. The van der Waals surface area contributed by atoms with Gasteiger partial charge in [0, 0.05) is 31.8 Å². The van der Waals surface area contributed by atoms with Crippen LogP contribution in [0.5, 0.6) is 0 Å². The maximum atomic E-state index is 12.5. The van der Waals surface area contributed by atoms with Crippen molar-refractivity contribution in [3.63, 3.8) is 0 Å². The van der Waals surface area contributed by atoms with Crippen LogP contribution in [-0.2, 0) is 23.8 Å². The van der Waals surface area contributed by atoms with E-state index in [0.29, 0.717) is 25.9 Å². The SMILES string of the molecule is CC(C)(C)OC(=O)N1CCC(C(C)(C)OC(=O)CCCCCCCCCCC(=O)OC2(C)CCCC2)CC1. The number of hydrogen-bond acceptors (Lipinski definition) is 6. The summed E-state index contributed by atoms with van der Waals surface area (Å²) in [6.45, 7) is 12.9. The summed E-state index contributed by atoms with van der Waals surface area (Å²) in [6, 6.07) is 0. The fourth-order valence-corrected chi connectivity index (χ4v) is 5.66. The number of esters is 2. The third-order valence-electron chi connectivity index (χ3n) is 8.04. The molecule has 0 aromatic rings. The van der Waals surface area contributed by atoms with Gasteiger partial charge in [-0.15, -0.1) is 0 Å². The largest absolute Gasteiger partial charge is 0.459 e. The van der Waals surface area contributed by atoms with Gasteiger partial charge < -0.3 is 19.1 Å². The highest BCUT2D eigenvalue weighted by molar-refractivity contribution is 5.70. The smallest absolute Gasteiger partial charge is 0.410 e. The molecule has 1 saturated carbocycles. The van der Waals surface area contributed by atoms with Crippen LogP contribution in [0.1, 0.15) is 144 Å². The second-order valence-electron chi connectivity index (χ2n) is 13.3. The van der Waals surface area contributed by atoms with Crippen molar-refractivity contribution in [2.75, 3.05) is 13.1 Å². The molecular weight excluding hydrogens is 482 g/mol. The van der Waals surface area contributed by atoms with E-state index < -0.39 is 11.2 Å². The zero-order chi connectivity index (χ0) is 28.2. The lowest BCUT2D eigenvalue weighted by atomic mass is 9.83. The minimum atomic E-state index is -0.529. The Hall–Kier alpha value is -1.79. The van der Waals surface area contributed by atoms with E-state index in [-0.39, 0.29) is 29.6 Å². The fraction of sp³-hybridized carbons (Fsp3) is 0.903. The number of hydrogen-bond donors (Lipinski definition) is 0. The Morgan fingerprint density at radius 2 is 1.21 bits per heavy atom. The normalized spacial score (nSPS) is 18.3. The highest BCUT2D eigenvalue weighted by atomic mass is 16.6. The molecule has 1 amide bonds. The van der Waals surface area contributed by atoms with Crippen LogP contribution in [0.15, 0.2) is 0 Å². The third kappa shape index (κ3) is 12.4. The lowest BCUT2D eigenvalue weighted by Crippen LogP contribution is -2.47. The molecule has 0 bridgehead atoms. The maximum Gasteiger partial charge on any atom is 0.410 e. The predicted molar refractivity (Wildman–Crippen MR) is 150 cm³/mol. The molecule has 0 radical (unpaired) electrons. The Balaban J connectivity index is 1.47. The van der Waals surface area contributed by atoms with Crippen LogP contribution >= 0.6 is 0 Å². The summed E-state index contributed by atoms with van der Waals surface area (Å²) < 4.78 is 17.0. The highest BCUT2D eigenvalue weighted by Crippen LogP contribution is 2.33. The second-order valence-corrected chi connectivity index (χ2v) is 13.3. The molecule has 1 heterocycles. The summed E-state index contributed by atoms with van der Waals surface area (Å²) in [5.41, 5.74) is -1.23. The lowest BCUT2D eigenvalue weighted by molar-refractivity contribution is -0.163. The van der Waals surface area contributed by atoms with Crippen molar-refractivity contribution >= 4 is 18.0 Å². The summed E-state index contributed by atoms with van der Waals surface area (Å²) in [7, 11) is 0. The van der Waals surface area contributed by atoms with Crippen molar-refractivity contribution in [2.24, 2.45) is 5.92 Å². The van der Waals surface area contributed by atoms with Crippen molar-refractivity contribution in [3.05, 3.63) is 0 Å². The molecule has 7 heteroatoms. The molecule has 220 valence electrons. The Labute approximate surface area is 231 Å². The van der Waals surface area contributed by atoms with E-state index in [4.69, 9.17) is 14.2 Å². The van der Waals surface area contributed by atoms with Gasteiger partial charge in [0.05, 0.1) is 0 Å². The minimum Gasteiger partial charge on any atom is -0.459 e. The van der Waals surface area contributed by atoms with E-state index in [9.17, 15) is 14.4 Å².